The van der Waals surface area contributed by atoms with Gasteiger partial charge in [-0.05, 0) is 13.0 Å². The van der Waals surface area contributed by atoms with Crippen LogP contribution in [0.2, 0.25) is 0 Å². The Morgan fingerprint density at radius 1 is 1.56 bits per heavy atom. The summed E-state index contributed by atoms with van der Waals surface area (Å²) in [7, 11) is 0. The van der Waals surface area contributed by atoms with Gasteiger partial charge in [0.25, 0.3) is 6.43 Å². The third-order valence-electron chi connectivity index (χ3n) is 2.18. The van der Waals surface area contributed by atoms with Crippen molar-refractivity contribution in [2.45, 2.75) is 26.3 Å². The maximum Gasteiger partial charge on any atom is 0.311 e. The van der Waals surface area contributed by atoms with E-state index >= 15 is 0 Å². The van der Waals surface area contributed by atoms with E-state index in [4.69, 9.17) is 5.73 Å². The van der Waals surface area contributed by atoms with Crippen molar-refractivity contribution in [3.05, 3.63) is 28.8 Å². The van der Waals surface area contributed by atoms with Gasteiger partial charge in [0.15, 0.2) is 0 Å². The largest absolute Gasteiger partial charge is 0.466 e. The first-order valence-electron chi connectivity index (χ1n) is 5.31. The van der Waals surface area contributed by atoms with Crippen molar-refractivity contribution in [2.75, 3.05) is 6.61 Å². The Hall–Kier alpha value is -1.63. The van der Waals surface area contributed by atoms with Gasteiger partial charge in [-0.3, -0.25) is 9.78 Å². The minimum atomic E-state index is -3.05. The van der Waals surface area contributed by atoms with E-state index in [9.17, 15) is 18.0 Å². The van der Waals surface area contributed by atoms with Gasteiger partial charge in [-0.2, -0.15) is 0 Å². The van der Waals surface area contributed by atoms with Gasteiger partial charge in [-0.1, -0.05) is 0 Å². The summed E-state index contributed by atoms with van der Waals surface area (Å²) >= 11 is 0. The molecule has 7 heteroatoms. The number of hydrogen-bond donors (Lipinski definition) is 1. The molecule has 2 N–H and O–H groups in total. The molecule has 0 amide bonds. The Balaban J connectivity index is 3.13. The summed E-state index contributed by atoms with van der Waals surface area (Å²) in [6, 6.07) is 0.843. The van der Waals surface area contributed by atoms with Crippen molar-refractivity contribution in [3.63, 3.8) is 0 Å². The van der Waals surface area contributed by atoms with Gasteiger partial charge < -0.3 is 10.5 Å². The summed E-state index contributed by atoms with van der Waals surface area (Å²) in [6.45, 7) is 1.59. The zero-order valence-electron chi connectivity index (χ0n) is 9.75. The van der Waals surface area contributed by atoms with Gasteiger partial charge in [0.1, 0.15) is 5.82 Å². The molecule has 1 rings (SSSR count). The van der Waals surface area contributed by atoms with E-state index < -0.39 is 30.2 Å². The fraction of sp³-hybridized carbons (Fsp3) is 0.455. The molecule has 100 valence electrons. The molecule has 0 spiro atoms. The summed E-state index contributed by atoms with van der Waals surface area (Å²) < 4.78 is 43.5. The standard InChI is InChI=1S/C11H13F3N2O2/c1-2-18-9(17)4-8-10(11(13)14)7(12)3-6(5-15)16-8/h3,11H,2,4-5,15H2,1H3. The van der Waals surface area contributed by atoms with Crippen molar-refractivity contribution in [1.29, 1.82) is 0 Å². The van der Waals surface area contributed by atoms with E-state index in [0.29, 0.717) is 0 Å². The lowest BCUT2D eigenvalue weighted by molar-refractivity contribution is -0.142. The molecule has 0 bridgehead atoms. The Morgan fingerprint density at radius 3 is 2.72 bits per heavy atom. The highest BCUT2D eigenvalue weighted by molar-refractivity contribution is 5.72. The van der Waals surface area contributed by atoms with E-state index in [0.717, 1.165) is 6.07 Å². The third kappa shape index (κ3) is 3.43. The quantitative estimate of drug-likeness (QED) is 0.820. The summed E-state index contributed by atoms with van der Waals surface area (Å²) in [4.78, 5) is 15.0. The molecule has 0 unspecified atom stereocenters. The smallest absolute Gasteiger partial charge is 0.311 e. The first-order chi connectivity index (χ1) is 8.49. The lowest BCUT2D eigenvalue weighted by Gasteiger charge is -2.10. The molecule has 0 fully saturated rings. The zero-order chi connectivity index (χ0) is 13.7. The maximum absolute atomic E-state index is 13.5. The third-order valence-corrected chi connectivity index (χ3v) is 2.18. The van der Waals surface area contributed by atoms with E-state index in [-0.39, 0.29) is 24.5 Å². The van der Waals surface area contributed by atoms with Crippen LogP contribution in [0, 0.1) is 5.82 Å². The van der Waals surface area contributed by atoms with Crippen molar-refractivity contribution in [1.82, 2.24) is 4.98 Å². The first-order valence-corrected chi connectivity index (χ1v) is 5.31. The summed E-state index contributed by atoms with van der Waals surface area (Å²) in [5.74, 6) is -1.85. The lowest BCUT2D eigenvalue weighted by atomic mass is 10.1. The van der Waals surface area contributed by atoms with Gasteiger partial charge >= 0.3 is 5.97 Å². The van der Waals surface area contributed by atoms with Crippen LogP contribution in [0.4, 0.5) is 13.2 Å². The number of hydrogen-bond acceptors (Lipinski definition) is 4. The van der Waals surface area contributed by atoms with Crippen LogP contribution in [0.15, 0.2) is 6.07 Å². The number of ether oxygens (including phenoxy) is 1. The van der Waals surface area contributed by atoms with Crippen LogP contribution < -0.4 is 5.73 Å². The molecule has 0 atom stereocenters. The Bertz CT molecular complexity index is 439. The number of carbonyl (C=O) groups excluding carboxylic acids is 1. The second-order valence-electron chi connectivity index (χ2n) is 3.44. The second-order valence-corrected chi connectivity index (χ2v) is 3.44. The number of rotatable bonds is 5. The van der Waals surface area contributed by atoms with Gasteiger partial charge in [-0.15, -0.1) is 0 Å². The van der Waals surface area contributed by atoms with Crippen LogP contribution >= 0.6 is 0 Å². The van der Waals surface area contributed by atoms with E-state index in [1.54, 1.807) is 6.92 Å². The molecule has 0 aliphatic rings. The molecular formula is C11H13F3N2O2. The number of esters is 1. The van der Waals surface area contributed by atoms with Crippen LogP contribution in [0.1, 0.15) is 30.3 Å². The molecule has 0 saturated heterocycles. The summed E-state index contributed by atoms with van der Waals surface area (Å²) in [6.07, 6.45) is -3.55. The van der Waals surface area contributed by atoms with Crippen LogP contribution in [-0.2, 0) is 22.5 Å². The molecular weight excluding hydrogens is 249 g/mol. The number of pyridine rings is 1. The Labute approximate surface area is 102 Å². The van der Waals surface area contributed by atoms with Crippen LogP contribution in [0.3, 0.4) is 0 Å². The lowest BCUT2D eigenvalue weighted by Crippen LogP contribution is -2.14. The van der Waals surface area contributed by atoms with Gasteiger partial charge in [0.05, 0.1) is 30.0 Å². The van der Waals surface area contributed by atoms with Crippen molar-refractivity contribution in [2.24, 2.45) is 5.73 Å². The SMILES string of the molecule is CCOC(=O)Cc1nc(CN)cc(F)c1C(F)F. The Morgan fingerprint density at radius 2 is 2.22 bits per heavy atom. The number of nitrogens with zero attached hydrogens (tertiary/aromatic N) is 1. The molecule has 0 radical (unpaired) electrons. The Kier molecular flexibility index (Phi) is 5.08. The normalized spacial score (nSPS) is 10.8. The first kappa shape index (κ1) is 14.4. The highest BCUT2D eigenvalue weighted by Gasteiger charge is 2.22. The minimum Gasteiger partial charge on any atom is -0.466 e. The highest BCUT2D eigenvalue weighted by atomic mass is 19.3. The summed E-state index contributed by atoms with van der Waals surface area (Å²) in [5.41, 5.74) is 4.17. The highest BCUT2D eigenvalue weighted by Crippen LogP contribution is 2.26. The molecule has 1 heterocycles. The van der Waals surface area contributed by atoms with Crippen LogP contribution in [-0.4, -0.2) is 17.6 Å². The fourth-order valence-corrected chi connectivity index (χ4v) is 1.45. The minimum absolute atomic E-state index is 0.101. The van der Waals surface area contributed by atoms with Gasteiger partial charge in [0.2, 0.25) is 0 Å². The molecule has 1 aromatic heterocycles. The average Bonchev–Trinajstić information content (AvgIpc) is 2.27. The second kappa shape index (κ2) is 6.34. The van der Waals surface area contributed by atoms with E-state index in [1.165, 1.54) is 0 Å². The monoisotopic (exact) mass is 262 g/mol. The number of carbonyl (C=O) groups is 1. The predicted molar refractivity (Wildman–Crippen MR) is 57.4 cm³/mol. The number of halogens is 3. The van der Waals surface area contributed by atoms with Crippen LogP contribution in [0.5, 0.6) is 0 Å². The van der Waals surface area contributed by atoms with E-state index in [1.807, 2.05) is 0 Å². The van der Waals surface area contributed by atoms with Crippen molar-refractivity contribution >= 4 is 5.97 Å². The molecule has 1 aromatic rings. The molecule has 0 saturated carbocycles. The van der Waals surface area contributed by atoms with Crippen molar-refractivity contribution < 1.29 is 22.7 Å². The average molecular weight is 262 g/mol. The number of nitrogens with two attached hydrogens (primary N) is 1. The number of aromatic nitrogens is 1. The van der Waals surface area contributed by atoms with Gasteiger partial charge in [-0.25, -0.2) is 13.2 Å². The number of alkyl halides is 2. The predicted octanol–water partition coefficient (Wildman–Crippen LogP) is 1.72. The van der Waals surface area contributed by atoms with Crippen molar-refractivity contribution in [3.8, 4) is 0 Å². The topological polar surface area (TPSA) is 65.2 Å². The molecule has 0 aromatic carbocycles. The summed E-state index contributed by atoms with van der Waals surface area (Å²) in [5, 5.41) is 0. The molecule has 18 heavy (non-hydrogen) atoms. The molecule has 4 nitrogen and oxygen atoms in total. The fourth-order valence-electron chi connectivity index (χ4n) is 1.45. The van der Waals surface area contributed by atoms with E-state index in [2.05, 4.69) is 9.72 Å². The molecule has 0 aliphatic heterocycles. The zero-order valence-corrected chi connectivity index (χ0v) is 9.75. The van der Waals surface area contributed by atoms with Gasteiger partial charge in [0, 0.05) is 6.54 Å². The van der Waals surface area contributed by atoms with Crippen LogP contribution in [0.25, 0.3) is 0 Å². The maximum atomic E-state index is 13.5. The molecule has 0 aliphatic carbocycles.